The average Bonchev–Trinajstić information content (AvgIpc) is 2.43. The molecular weight excluding hydrogens is 244 g/mol. The van der Waals surface area contributed by atoms with Gasteiger partial charge in [0.05, 0.1) is 0 Å². The lowest BCUT2D eigenvalue weighted by atomic mass is 9.49. The molecule has 1 N–H and O–H groups in total. The van der Waals surface area contributed by atoms with Crippen molar-refractivity contribution < 1.29 is 4.79 Å². The fourth-order valence-electron chi connectivity index (χ4n) is 2.72. The molecule has 0 aliphatic rings. The molecule has 113 valence electrons. The Labute approximate surface area is 128 Å². The van der Waals surface area contributed by atoms with E-state index in [0.717, 1.165) is 12.8 Å². The van der Waals surface area contributed by atoms with Crippen molar-refractivity contribution in [3.8, 4) is 0 Å². The molecule has 3 radical (unpaired) electrons. The maximum absolute atomic E-state index is 11.6. The lowest BCUT2D eigenvalue weighted by molar-refractivity contribution is 0.262. The van der Waals surface area contributed by atoms with Crippen LogP contribution in [0.4, 0.5) is 4.79 Å². The van der Waals surface area contributed by atoms with Gasteiger partial charge in [0, 0.05) is 0 Å². The Bertz CT molecular complexity index is 249. The highest BCUT2D eigenvalue weighted by Gasteiger charge is 2.27. The number of rotatable bonds is 13. The van der Waals surface area contributed by atoms with Crippen molar-refractivity contribution in [3.05, 3.63) is 0 Å². The van der Waals surface area contributed by atoms with Crippen LogP contribution in [0.3, 0.4) is 0 Å². The smallest absolute Gasteiger partial charge is 0.237 e. The van der Waals surface area contributed by atoms with Crippen molar-refractivity contribution in [3.63, 3.8) is 0 Å². The molecule has 0 aromatic rings. The first-order valence-corrected chi connectivity index (χ1v) is 8.44. The lowest BCUT2D eigenvalue weighted by Gasteiger charge is -2.28. The number of hydrogen-bond acceptors (Lipinski definition) is 1. The molecule has 0 aromatic heterocycles. The Kier molecular flexibility index (Phi) is 12.1. The number of hydrogen-bond donors (Lipinski definition) is 1. The van der Waals surface area contributed by atoms with Crippen LogP contribution in [0.15, 0.2) is 0 Å². The van der Waals surface area contributed by atoms with Crippen LogP contribution >= 0.6 is 0 Å². The summed E-state index contributed by atoms with van der Waals surface area (Å²) in [6.45, 7) is 6.66. The highest BCUT2D eigenvalue weighted by atomic mass is 16.1. The standard InChI is InChI=1S/C16H32B2NO/c1-4-6-8-10-12-14-16(3,18-15(20)19-17)13-11-9-7-5-2/h4-14H2,1-3H3,(H,19,20). The van der Waals surface area contributed by atoms with Crippen molar-refractivity contribution in [1.29, 1.82) is 0 Å². The van der Waals surface area contributed by atoms with Crippen molar-refractivity contribution in [1.82, 2.24) is 5.23 Å². The molecule has 0 spiro atoms. The van der Waals surface area contributed by atoms with E-state index in [0.29, 0.717) is 0 Å². The van der Waals surface area contributed by atoms with Gasteiger partial charge in [0.1, 0.15) is 0 Å². The van der Waals surface area contributed by atoms with Gasteiger partial charge in [-0.05, 0) is 5.31 Å². The van der Waals surface area contributed by atoms with Crippen LogP contribution in [-0.4, -0.2) is 21.1 Å². The normalized spacial score (nSPS) is 13.8. The summed E-state index contributed by atoms with van der Waals surface area (Å²) in [7, 11) is 7.02. The minimum Gasteiger partial charge on any atom is -0.418 e. The first kappa shape index (κ1) is 19.6. The zero-order valence-corrected chi connectivity index (χ0v) is 13.8. The molecule has 0 rings (SSSR count). The van der Waals surface area contributed by atoms with Crippen molar-refractivity contribution in [2.24, 2.45) is 0 Å². The van der Waals surface area contributed by atoms with Gasteiger partial charge in [0.15, 0.2) is 5.81 Å². The van der Waals surface area contributed by atoms with Crippen LogP contribution in [0.2, 0.25) is 5.31 Å². The maximum atomic E-state index is 11.6. The summed E-state index contributed by atoms with van der Waals surface area (Å²) in [5, 5.41) is 2.24. The van der Waals surface area contributed by atoms with E-state index in [4.69, 9.17) is 7.98 Å². The molecule has 20 heavy (non-hydrogen) atoms. The first-order valence-electron chi connectivity index (χ1n) is 8.44. The maximum Gasteiger partial charge on any atom is 0.237 e. The number of carbonyl (C=O) groups excluding carboxylic acids is 1. The van der Waals surface area contributed by atoms with Gasteiger partial charge in [0.2, 0.25) is 15.3 Å². The number of nitrogens with one attached hydrogen (secondary N) is 1. The first-order chi connectivity index (χ1) is 9.58. The Morgan fingerprint density at radius 2 is 1.40 bits per heavy atom. The largest absolute Gasteiger partial charge is 0.418 e. The second-order valence-electron chi connectivity index (χ2n) is 6.28. The van der Waals surface area contributed by atoms with Crippen LogP contribution in [-0.2, 0) is 0 Å². The Morgan fingerprint density at radius 3 is 1.85 bits per heavy atom. The second-order valence-corrected chi connectivity index (χ2v) is 6.28. The van der Waals surface area contributed by atoms with Gasteiger partial charge in [-0.25, -0.2) is 0 Å². The van der Waals surface area contributed by atoms with Gasteiger partial charge in [-0.1, -0.05) is 91.4 Å². The van der Waals surface area contributed by atoms with E-state index in [9.17, 15) is 4.79 Å². The van der Waals surface area contributed by atoms with Gasteiger partial charge >= 0.3 is 0 Å². The van der Waals surface area contributed by atoms with E-state index in [2.05, 4.69) is 26.0 Å². The summed E-state index contributed by atoms with van der Waals surface area (Å²) >= 11 is 0. The third-order valence-electron chi connectivity index (χ3n) is 4.07. The zero-order chi connectivity index (χ0) is 15.3. The highest BCUT2D eigenvalue weighted by Crippen LogP contribution is 2.37. The van der Waals surface area contributed by atoms with E-state index in [1.54, 1.807) is 7.28 Å². The molecule has 0 aliphatic carbocycles. The quantitative estimate of drug-likeness (QED) is 0.372. The summed E-state index contributed by atoms with van der Waals surface area (Å²) in [6.07, 6.45) is 13.6. The Hall–Kier alpha value is -0.400. The Balaban J connectivity index is 4.12. The predicted molar refractivity (Wildman–Crippen MR) is 90.5 cm³/mol. The van der Waals surface area contributed by atoms with E-state index in [-0.39, 0.29) is 11.1 Å². The molecule has 0 fully saturated rings. The highest BCUT2D eigenvalue weighted by molar-refractivity contribution is 6.77. The van der Waals surface area contributed by atoms with Crippen molar-refractivity contribution in [2.75, 3.05) is 0 Å². The van der Waals surface area contributed by atoms with Crippen LogP contribution in [0.1, 0.15) is 91.4 Å². The molecule has 0 saturated heterocycles. The zero-order valence-electron chi connectivity index (χ0n) is 13.8. The molecule has 1 amide bonds. The van der Waals surface area contributed by atoms with E-state index in [1.165, 1.54) is 57.8 Å². The number of amides is 1. The fourth-order valence-corrected chi connectivity index (χ4v) is 2.72. The molecule has 4 heteroatoms. The van der Waals surface area contributed by atoms with Crippen molar-refractivity contribution >= 4 is 21.1 Å². The fraction of sp³-hybridized carbons (Fsp3) is 0.938. The van der Waals surface area contributed by atoms with Gasteiger partial charge < -0.3 is 5.23 Å². The summed E-state index contributed by atoms with van der Waals surface area (Å²) in [5.41, 5.74) is 0. The SMILES string of the molecule is [B]NC(=O)[B]C(C)(CCCCCC)CCCCCCC. The van der Waals surface area contributed by atoms with Gasteiger partial charge in [0.25, 0.3) is 0 Å². The molecule has 0 heterocycles. The molecule has 1 unspecified atom stereocenters. The lowest BCUT2D eigenvalue weighted by Crippen LogP contribution is -2.32. The third-order valence-corrected chi connectivity index (χ3v) is 4.07. The van der Waals surface area contributed by atoms with E-state index >= 15 is 0 Å². The van der Waals surface area contributed by atoms with Gasteiger partial charge in [-0.3, -0.25) is 4.79 Å². The molecule has 0 bridgehead atoms. The molecule has 1 atom stereocenters. The monoisotopic (exact) mass is 276 g/mol. The molecule has 0 saturated carbocycles. The summed E-state index contributed by atoms with van der Waals surface area (Å²) < 4.78 is 0. The van der Waals surface area contributed by atoms with Gasteiger partial charge in [-0.15, -0.1) is 0 Å². The van der Waals surface area contributed by atoms with E-state index in [1.807, 2.05) is 0 Å². The molecular formula is C16H32B2NO. The predicted octanol–water partition coefficient (Wildman–Crippen LogP) is 4.99. The summed E-state index contributed by atoms with van der Waals surface area (Å²) in [4.78, 5) is 11.6. The minimum atomic E-state index is -0.142. The van der Waals surface area contributed by atoms with Crippen molar-refractivity contribution in [2.45, 2.75) is 96.7 Å². The number of carbonyl (C=O) groups is 1. The second kappa shape index (κ2) is 12.3. The Morgan fingerprint density at radius 1 is 0.950 bits per heavy atom. The molecule has 0 aliphatic heterocycles. The van der Waals surface area contributed by atoms with Crippen LogP contribution in [0.5, 0.6) is 0 Å². The summed E-state index contributed by atoms with van der Waals surface area (Å²) in [5.74, 6) is -0.142. The minimum absolute atomic E-state index is 0.00338. The van der Waals surface area contributed by atoms with E-state index < -0.39 is 0 Å². The molecule has 0 aromatic carbocycles. The number of unbranched alkanes of at least 4 members (excludes halogenated alkanes) is 7. The van der Waals surface area contributed by atoms with Crippen LogP contribution in [0, 0.1) is 0 Å². The van der Waals surface area contributed by atoms with Crippen LogP contribution < -0.4 is 5.23 Å². The third kappa shape index (κ3) is 10.4. The summed E-state index contributed by atoms with van der Waals surface area (Å²) in [6, 6.07) is 0. The van der Waals surface area contributed by atoms with Crippen LogP contribution in [0.25, 0.3) is 0 Å². The van der Waals surface area contributed by atoms with Gasteiger partial charge in [-0.2, -0.15) is 0 Å². The average molecular weight is 276 g/mol. The molecule has 2 nitrogen and oxygen atoms in total. The topological polar surface area (TPSA) is 29.1 Å².